The van der Waals surface area contributed by atoms with Gasteiger partial charge in [0.2, 0.25) is 0 Å². The third-order valence-electron chi connectivity index (χ3n) is 4.77. The molecule has 0 aliphatic rings. The summed E-state index contributed by atoms with van der Waals surface area (Å²) in [6.07, 6.45) is 0.00333. The molecule has 208 valence electrons. The van der Waals surface area contributed by atoms with Crippen LogP contribution in [-0.4, -0.2) is 23.9 Å². The fraction of sp³-hybridized carbons (Fsp3) is 0.125. The van der Waals surface area contributed by atoms with Crippen molar-refractivity contribution in [1.29, 1.82) is 0 Å². The van der Waals surface area contributed by atoms with E-state index in [4.69, 9.17) is 0 Å². The topological polar surface area (TPSA) is 161 Å². The zero-order valence-corrected chi connectivity index (χ0v) is 26.3. The Bertz CT molecular complexity index is 1080. The van der Waals surface area contributed by atoms with Crippen molar-refractivity contribution >= 4 is 23.9 Å². The minimum absolute atomic E-state index is 0. The summed E-state index contributed by atoms with van der Waals surface area (Å²) in [6, 6.07) is 35.9. The molecule has 4 rings (SSSR count). The molecule has 8 nitrogen and oxygen atoms in total. The van der Waals surface area contributed by atoms with Gasteiger partial charge >= 0.3 is 31.1 Å². The molecule has 0 amide bonds. The number of aliphatic carboxylic acids is 4. The van der Waals surface area contributed by atoms with Crippen LogP contribution in [0.3, 0.4) is 0 Å². The second-order valence-corrected chi connectivity index (χ2v) is 8.14. The van der Waals surface area contributed by atoms with Gasteiger partial charge in [0.25, 0.3) is 0 Å². The summed E-state index contributed by atoms with van der Waals surface area (Å²) in [6.45, 7) is 0. The molecule has 0 bridgehead atoms. The maximum atomic E-state index is 10.1. The van der Waals surface area contributed by atoms with Crippen LogP contribution in [0.15, 0.2) is 121 Å². The average molecular weight is 779 g/mol. The molecule has 0 spiro atoms. The van der Waals surface area contributed by atoms with Gasteiger partial charge in [-0.15, -0.1) is 0 Å². The second kappa shape index (κ2) is 22.6. The quantitative estimate of drug-likeness (QED) is 0.240. The van der Waals surface area contributed by atoms with E-state index in [-0.39, 0.29) is 56.8 Å². The molecular weight excluding hydrogens is 750 g/mol. The summed E-state index contributed by atoms with van der Waals surface area (Å²) in [4.78, 5) is 40.2. The van der Waals surface area contributed by atoms with Gasteiger partial charge in [0.15, 0.2) is 0 Å². The van der Waals surface area contributed by atoms with Crippen LogP contribution in [0.25, 0.3) is 0 Å². The number of carboxylic acid groups (broad SMARTS) is 4. The fourth-order valence-corrected chi connectivity index (χ4v) is 3.05. The molecule has 0 saturated carbocycles. The number of carboxylic acids is 4. The van der Waals surface area contributed by atoms with Crippen molar-refractivity contribution in [3.05, 3.63) is 144 Å². The van der Waals surface area contributed by atoms with E-state index >= 15 is 0 Å². The molecule has 4 aromatic rings. The summed E-state index contributed by atoms with van der Waals surface area (Å²) < 4.78 is 0. The molecular formula is C32H28O8U. The van der Waals surface area contributed by atoms with Crippen molar-refractivity contribution in [2.24, 2.45) is 0 Å². The van der Waals surface area contributed by atoms with Crippen molar-refractivity contribution in [2.75, 3.05) is 0 Å². The van der Waals surface area contributed by atoms with Crippen LogP contribution in [0.5, 0.6) is 0 Å². The number of benzene rings is 4. The fourth-order valence-electron chi connectivity index (χ4n) is 3.05. The average Bonchev–Trinajstić information content (AvgIpc) is 2.91. The minimum Gasteiger partial charge on any atom is -0.550 e. The van der Waals surface area contributed by atoms with Gasteiger partial charge in [-0.2, -0.15) is 0 Å². The van der Waals surface area contributed by atoms with E-state index in [9.17, 15) is 39.6 Å². The Balaban J connectivity index is 0.000000516. The molecule has 0 radical (unpaired) electrons. The predicted molar refractivity (Wildman–Crippen MR) is 141 cm³/mol. The SMILES string of the molecule is O=C([O-])Cc1ccccc1.O=C([O-])Cc1ccccc1.O=C([O-])Cc1ccccc1.O=C([O-])Cc1ccccc1.[U+4]. The number of hydrogen-bond acceptors (Lipinski definition) is 8. The zero-order valence-electron chi connectivity index (χ0n) is 22.1. The van der Waals surface area contributed by atoms with E-state index < -0.39 is 23.9 Å². The smallest absolute Gasteiger partial charge is 0.550 e. The largest absolute Gasteiger partial charge is 4.00 e. The van der Waals surface area contributed by atoms with Gasteiger partial charge in [0, 0.05) is 49.6 Å². The monoisotopic (exact) mass is 778 g/mol. The van der Waals surface area contributed by atoms with Crippen molar-refractivity contribution in [1.82, 2.24) is 0 Å². The normalized spacial score (nSPS) is 8.98. The number of rotatable bonds is 8. The Kier molecular flexibility index (Phi) is 20.3. The Hall–Kier alpha value is -4.19. The van der Waals surface area contributed by atoms with Gasteiger partial charge in [-0.05, 0) is 22.3 Å². The minimum atomic E-state index is -1.04. The van der Waals surface area contributed by atoms with Crippen molar-refractivity contribution in [3.63, 3.8) is 0 Å². The maximum absolute atomic E-state index is 10.1. The first kappa shape index (κ1) is 36.8. The van der Waals surface area contributed by atoms with E-state index in [1.165, 1.54) is 0 Å². The first-order valence-electron chi connectivity index (χ1n) is 12.1. The van der Waals surface area contributed by atoms with E-state index in [0.717, 1.165) is 22.3 Å². The van der Waals surface area contributed by atoms with Gasteiger partial charge in [-0.3, -0.25) is 0 Å². The molecule has 0 aromatic heterocycles. The van der Waals surface area contributed by atoms with Gasteiger partial charge in [-0.25, -0.2) is 0 Å². The molecule has 0 unspecified atom stereocenters. The van der Waals surface area contributed by atoms with Gasteiger partial charge in [0.05, 0.1) is 0 Å². The van der Waals surface area contributed by atoms with Crippen molar-refractivity contribution in [2.45, 2.75) is 25.7 Å². The summed E-state index contributed by atoms with van der Waals surface area (Å²) in [7, 11) is 0. The molecule has 0 atom stereocenters. The van der Waals surface area contributed by atoms with Crippen LogP contribution in [0.2, 0.25) is 0 Å². The third kappa shape index (κ3) is 21.3. The van der Waals surface area contributed by atoms with E-state index in [1.807, 2.05) is 24.3 Å². The van der Waals surface area contributed by atoms with E-state index in [1.54, 1.807) is 97.1 Å². The molecule has 9 heteroatoms. The molecule has 0 heterocycles. The Morgan fingerprint density at radius 2 is 0.488 bits per heavy atom. The first-order chi connectivity index (χ1) is 19.2. The standard InChI is InChI=1S/4C8H8O2.U/c4*9-8(10)6-7-4-2-1-3-5-7;/h4*1-5H,6H2,(H,9,10);/q;;;;+4/p-4. The molecule has 4 aromatic carbocycles. The van der Waals surface area contributed by atoms with Gasteiger partial charge in [-0.1, -0.05) is 121 Å². The predicted octanol–water partition coefficient (Wildman–Crippen LogP) is -0.0840. The molecule has 41 heavy (non-hydrogen) atoms. The summed E-state index contributed by atoms with van der Waals surface area (Å²) >= 11 is 0. The summed E-state index contributed by atoms with van der Waals surface area (Å²) in [5, 5.41) is 40.2. The summed E-state index contributed by atoms with van der Waals surface area (Å²) in [5.74, 6) is -4.14. The molecule has 0 aliphatic carbocycles. The van der Waals surface area contributed by atoms with Crippen LogP contribution in [0.1, 0.15) is 22.3 Å². The molecule has 0 aliphatic heterocycles. The van der Waals surface area contributed by atoms with Crippen LogP contribution in [-0.2, 0) is 44.9 Å². The van der Waals surface area contributed by atoms with Gasteiger partial charge in [0.1, 0.15) is 0 Å². The second-order valence-electron chi connectivity index (χ2n) is 8.14. The van der Waals surface area contributed by atoms with Crippen molar-refractivity contribution in [3.8, 4) is 0 Å². The Morgan fingerprint density at radius 1 is 0.341 bits per heavy atom. The van der Waals surface area contributed by atoms with E-state index in [2.05, 4.69) is 0 Å². The van der Waals surface area contributed by atoms with Crippen LogP contribution >= 0.6 is 0 Å². The third-order valence-corrected chi connectivity index (χ3v) is 4.77. The number of carbonyl (C=O) groups is 4. The summed E-state index contributed by atoms with van der Waals surface area (Å²) in [5.41, 5.74) is 3.12. The Labute approximate surface area is 262 Å². The van der Waals surface area contributed by atoms with Crippen LogP contribution in [0.4, 0.5) is 0 Å². The van der Waals surface area contributed by atoms with Crippen molar-refractivity contribution < 1.29 is 70.7 Å². The molecule has 0 fully saturated rings. The maximum Gasteiger partial charge on any atom is 4.00 e. The van der Waals surface area contributed by atoms with Gasteiger partial charge < -0.3 is 39.6 Å². The van der Waals surface area contributed by atoms with Crippen LogP contribution in [0, 0.1) is 31.1 Å². The zero-order chi connectivity index (χ0) is 29.6. The molecule has 0 saturated heterocycles. The Morgan fingerprint density at radius 3 is 0.610 bits per heavy atom. The molecule has 0 N–H and O–H groups in total. The number of carbonyl (C=O) groups excluding carboxylic acids is 4. The number of hydrogen-bond donors (Lipinski definition) is 0. The van der Waals surface area contributed by atoms with E-state index in [0.29, 0.717) is 0 Å². The first-order valence-corrected chi connectivity index (χ1v) is 12.1. The van der Waals surface area contributed by atoms with Crippen LogP contribution < -0.4 is 20.4 Å².